The maximum atomic E-state index is 13.4. The van der Waals surface area contributed by atoms with E-state index in [-0.39, 0.29) is 35.7 Å². The highest BCUT2D eigenvalue weighted by Gasteiger charge is 2.30. The zero-order valence-corrected chi connectivity index (χ0v) is 17.6. The van der Waals surface area contributed by atoms with Gasteiger partial charge in [0.1, 0.15) is 10.6 Å². The summed E-state index contributed by atoms with van der Waals surface area (Å²) in [6.45, 7) is 5.49. The van der Waals surface area contributed by atoms with E-state index in [2.05, 4.69) is 5.32 Å². The molecule has 0 radical (unpaired) electrons. The van der Waals surface area contributed by atoms with Gasteiger partial charge in [0.25, 0.3) is 0 Å². The maximum Gasteiger partial charge on any atom is 0.247 e. The third kappa shape index (κ3) is 5.56. The summed E-state index contributed by atoms with van der Waals surface area (Å²) in [7, 11) is -2.52. The maximum absolute atomic E-state index is 13.4. The summed E-state index contributed by atoms with van der Waals surface area (Å²) in [5, 5.41) is 2.83. The van der Waals surface area contributed by atoms with Gasteiger partial charge in [-0.3, -0.25) is 4.79 Å². The molecule has 1 unspecified atom stereocenters. The standard InChI is InChI=1S/C21H28N2O4S/c1-5-17(3)22-21(24)15-23(14-18-9-7-6-8-10-18)28(25,26)20-13-16(2)11-12-19(20)27-4/h6-13,17H,5,14-15H2,1-4H3,(H,22,24). The van der Waals surface area contributed by atoms with Crippen molar-refractivity contribution in [3.8, 4) is 5.75 Å². The summed E-state index contributed by atoms with van der Waals surface area (Å²) in [4.78, 5) is 12.5. The van der Waals surface area contributed by atoms with Crippen LogP contribution in [0.15, 0.2) is 53.4 Å². The van der Waals surface area contributed by atoms with Crippen LogP contribution in [0, 0.1) is 6.92 Å². The number of hydrogen-bond acceptors (Lipinski definition) is 4. The van der Waals surface area contributed by atoms with Gasteiger partial charge in [-0.05, 0) is 43.5 Å². The summed E-state index contributed by atoms with van der Waals surface area (Å²) in [5.41, 5.74) is 1.59. The molecule has 0 heterocycles. The van der Waals surface area contributed by atoms with Crippen LogP contribution in [0.2, 0.25) is 0 Å². The summed E-state index contributed by atoms with van der Waals surface area (Å²) in [6.07, 6.45) is 0.767. The zero-order chi connectivity index (χ0) is 20.7. The van der Waals surface area contributed by atoms with Gasteiger partial charge in [-0.1, -0.05) is 43.3 Å². The largest absolute Gasteiger partial charge is 0.495 e. The van der Waals surface area contributed by atoms with Crippen molar-refractivity contribution >= 4 is 15.9 Å². The molecule has 0 aromatic heterocycles. The molecule has 0 aliphatic carbocycles. The van der Waals surface area contributed by atoms with Crippen molar-refractivity contribution in [3.63, 3.8) is 0 Å². The van der Waals surface area contributed by atoms with Gasteiger partial charge in [-0.25, -0.2) is 8.42 Å². The van der Waals surface area contributed by atoms with Crippen molar-refractivity contribution in [3.05, 3.63) is 59.7 Å². The van der Waals surface area contributed by atoms with Crippen LogP contribution < -0.4 is 10.1 Å². The molecule has 0 saturated carbocycles. The Hall–Kier alpha value is -2.38. The number of carbonyl (C=O) groups excluding carboxylic acids is 1. The molecule has 0 spiro atoms. The fourth-order valence-electron chi connectivity index (χ4n) is 2.72. The molecule has 1 amide bonds. The quantitative estimate of drug-likeness (QED) is 0.697. The van der Waals surface area contributed by atoms with Crippen molar-refractivity contribution in [1.29, 1.82) is 0 Å². The zero-order valence-electron chi connectivity index (χ0n) is 16.8. The topological polar surface area (TPSA) is 75.7 Å². The van der Waals surface area contributed by atoms with Gasteiger partial charge in [0.2, 0.25) is 15.9 Å². The predicted octanol–water partition coefficient (Wildman–Crippen LogP) is 3.11. The highest BCUT2D eigenvalue weighted by atomic mass is 32.2. The molecular weight excluding hydrogens is 376 g/mol. The Kier molecular flexibility index (Phi) is 7.60. The van der Waals surface area contributed by atoms with Crippen molar-refractivity contribution in [2.24, 2.45) is 0 Å². The number of ether oxygens (including phenoxy) is 1. The molecule has 152 valence electrons. The van der Waals surface area contributed by atoms with E-state index in [1.165, 1.54) is 11.4 Å². The lowest BCUT2D eigenvalue weighted by Crippen LogP contribution is -2.43. The molecular formula is C21H28N2O4S. The molecule has 0 fully saturated rings. The number of hydrogen-bond donors (Lipinski definition) is 1. The lowest BCUT2D eigenvalue weighted by Gasteiger charge is -2.24. The highest BCUT2D eigenvalue weighted by molar-refractivity contribution is 7.89. The normalized spacial score (nSPS) is 12.6. The number of amides is 1. The molecule has 0 aliphatic rings. The van der Waals surface area contributed by atoms with Crippen molar-refractivity contribution in [2.75, 3.05) is 13.7 Å². The Labute approximate surface area is 167 Å². The SMILES string of the molecule is CCC(C)NC(=O)CN(Cc1ccccc1)S(=O)(=O)c1cc(C)ccc1OC. The third-order valence-corrected chi connectivity index (χ3v) is 6.29. The monoisotopic (exact) mass is 404 g/mol. The summed E-state index contributed by atoms with van der Waals surface area (Å²) in [6, 6.07) is 14.2. The first-order chi connectivity index (χ1) is 13.3. The third-order valence-electron chi connectivity index (χ3n) is 4.48. The van der Waals surface area contributed by atoms with E-state index in [9.17, 15) is 13.2 Å². The van der Waals surface area contributed by atoms with Crippen molar-refractivity contribution in [1.82, 2.24) is 9.62 Å². The Morgan fingerprint density at radius 1 is 1.18 bits per heavy atom. The molecule has 0 aliphatic heterocycles. The summed E-state index contributed by atoms with van der Waals surface area (Å²) >= 11 is 0. The van der Waals surface area contributed by atoms with Gasteiger partial charge < -0.3 is 10.1 Å². The first-order valence-corrected chi connectivity index (χ1v) is 10.7. The first-order valence-electron chi connectivity index (χ1n) is 9.26. The summed E-state index contributed by atoms with van der Waals surface area (Å²) in [5.74, 6) is -0.0773. The van der Waals surface area contributed by atoms with E-state index >= 15 is 0 Å². The molecule has 1 atom stereocenters. The Bertz CT molecular complexity index is 898. The van der Waals surface area contributed by atoms with Gasteiger partial charge in [-0.2, -0.15) is 4.31 Å². The number of carbonyl (C=O) groups is 1. The van der Waals surface area contributed by atoms with E-state index in [0.717, 1.165) is 17.5 Å². The Balaban J connectivity index is 2.41. The second-order valence-corrected chi connectivity index (χ2v) is 8.70. The molecule has 28 heavy (non-hydrogen) atoms. The Morgan fingerprint density at radius 3 is 2.46 bits per heavy atom. The highest BCUT2D eigenvalue weighted by Crippen LogP contribution is 2.28. The van der Waals surface area contributed by atoms with Crippen molar-refractivity contribution in [2.45, 2.75) is 44.7 Å². The van der Waals surface area contributed by atoms with Crippen LogP contribution in [0.1, 0.15) is 31.4 Å². The minimum Gasteiger partial charge on any atom is -0.495 e. The smallest absolute Gasteiger partial charge is 0.247 e. The number of rotatable bonds is 9. The molecule has 0 bridgehead atoms. The Morgan fingerprint density at radius 2 is 1.86 bits per heavy atom. The molecule has 6 nitrogen and oxygen atoms in total. The van der Waals surface area contributed by atoms with Crippen LogP contribution in [0.4, 0.5) is 0 Å². The van der Waals surface area contributed by atoms with E-state index in [1.54, 1.807) is 18.2 Å². The molecule has 2 aromatic carbocycles. The van der Waals surface area contributed by atoms with Gasteiger partial charge in [0.05, 0.1) is 13.7 Å². The number of aryl methyl sites for hydroxylation is 1. The number of benzene rings is 2. The molecule has 2 aromatic rings. The molecule has 7 heteroatoms. The second-order valence-electron chi connectivity index (χ2n) is 6.79. The second kappa shape index (κ2) is 9.71. The van der Waals surface area contributed by atoms with Crippen LogP contribution in [-0.4, -0.2) is 38.3 Å². The minimum atomic E-state index is -3.95. The van der Waals surface area contributed by atoms with E-state index in [4.69, 9.17) is 4.74 Å². The lowest BCUT2D eigenvalue weighted by atomic mass is 10.2. The van der Waals surface area contributed by atoms with E-state index in [0.29, 0.717) is 0 Å². The number of nitrogens with one attached hydrogen (secondary N) is 1. The van der Waals surface area contributed by atoms with Crippen LogP contribution in [-0.2, 0) is 21.4 Å². The van der Waals surface area contributed by atoms with E-state index in [1.807, 2.05) is 51.1 Å². The predicted molar refractivity (Wildman–Crippen MR) is 110 cm³/mol. The van der Waals surface area contributed by atoms with Gasteiger partial charge in [0, 0.05) is 12.6 Å². The number of methoxy groups -OCH3 is 1. The van der Waals surface area contributed by atoms with E-state index < -0.39 is 10.0 Å². The van der Waals surface area contributed by atoms with Gasteiger partial charge in [-0.15, -0.1) is 0 Å². The molecule has 1 N–H and O–H groups in total. The van der Waals surface area contributed by atoms with Crippen LogP contribution >= 0.6 is 0 Å². The molecule has 2 rings (SSSR count). The minimum absolute atomic E-state index is 0.0257. The molecule has 0 saturated heterocycles. The number of sulfonamides is 1. The van der Waals surface area contributed by atoms with Gasteiger partial charge in [0.15, 0.2) is 0 Å². The average molecular weight is 405 g/mol. The van der Waals surface area contributed by atoms with Gasteiger partial charge >= 0.3 is 0 Å². The lowest BCUT2D eigenvalue weighted by molar-refractivity contribution is -0.122. The van der Waals surface area contributed by atoms with Crippen LogP contribution in [0.3, 0.4) is 0 Å². The van der Waals surface area contributed by atoms with Crippen LogP contribution in [0.5, 0.6) is 5.75 Å². The fourth-order valence-corrected chi connectivity index (χ4v) is 4.35. The number of nitrogens with zero attached hydrogens (tertiary/aromatic N) is 1. The first kappa shape index (κ1) is 21.9. The average Bonchev–Trinajstić information content (AvgIpc) is 2.68. The summed E-state index contributed by atoms with van der Waals surface area (Å²) < 4.78 is 33.3. The fraction of sp³-hybridized carbons (Fsp3) is 0.381. The van der Waals surface area contributed by atoms with Crippen LogP contribution in [0.25, 0.3) is 0 Å². The van der Waals surface area contributed by atoms with Crippen molar-refractivity contribution < 1.29 is 17.9 Å².